The summed E-state index contributed by atoms with van der Waals surface area (Å²) < 4.78 is 33.6. The topological polar surface area (TPSA) is 141 Å². The molecule has 5 rings (SSSR count). The third kappa shape index (κ3) is 7.83. The number of carbonyl (C=O) groups is 2. The summed E-state index contributed by atoms with van der Waals surface area (Å²) in [4.78, 5) is 25.6. The molecule has 5 aliphatic rings. The maximum Gasteiger partial charge on any atom is 0.309 e. The fourth-order valence-corrected chi connectivity index (χ4v) is 10.5. The summed E-state index contributed by atoms with van der Waals surface area (Å²) in [6.07, 6.45) is 8.82. The zero-order valence-corrected chi connectivity index (χ0v) is 33.6. The van der Waals surface area contributed by atoms with E-state index >= 15 is 0 Å². The van der Waals surface area contributed by atoms with E-state index in [1.165, 1.54) is 0 Å². The fraction of sp³-hybridized carbons (Fsp3) is 0.905. The van der Waals surface area contributed by atoms with Gasteiger partial charge in [-0.15, -0.1) is 0 Å². The molecule has 0 radical (unpaired) electrons. The highest BCUT2D eigenvalue weighted by atomic mass is 16.8. The van der Waals surface area contributed by atoms with Crippen LogP contribution in [0.3, 0.4) is 0 Å². The maximum absolute atomic E-state index is 13.7. The van der Waals surface area contributed by atoms with Crippen LogP contribution < -0.4 is 0 Å². The Hall–Kier alpha value is -1.40. The first-order valence-corrected chi connectivity index (χ1v) is 20.6. The predicted octanol–water partition coefficient (Wildman–Crippen LogP) is 7.22. The molecule has 298 valence electrons. The van der Waals surface area contributed by atoms with Gasteiger partial charge in [-0.1, -0.05) is 61.8 Å². The first-order valence-electron chi connectivity index (χ1n) is 20.6. The fourth-order valence-electron chi connectivity index (χ4n) is 10.5. The number of carboxylic acids is 1. The lowest BCUT2D eigenvalue weighted by molar-refractivity contribution is -0.379. The van der Waals surface area contributed by atoms with Crippen molar-refractivity contribution in [2.24, 2.45) is 41.4 Å². The molecular formula is C42H70O10. The van der Waals surface area contributed by atoms with E-state index in [4.69, 9.17) is 23.7 Å². The molecule has 5 heterocycles. The summed E-state index contributed by atoms with van der Waals surface area (Å²) in [6, 6.07) is 0. The number of rotatable bonds is 12. The van der Waals surface area contributed by atoms with Crippen molar-refractivity contribution in [3.63, 3.8) is 0 Å². The molecular weight excluding hydrogens is 664 g/mol. The molecule has 2 spiro atoms. The zero-order valence-electron chi connectivity index (χ0n) is 33.6. The molecule has 4 saturated heterocycles. The van der Waals surface area contributed by atoms with Gasteiger partial charge in [0.05, 0.1) is 53.7 Å². The summed E-state index contributed by atoms with van der Waals surface area (Å²) >= 11 is 0. The second-order valence-electron chi connectivity index (χ2n) is 17.9. The van der Waals surface area contributed by atoms with Crippen LogP contribution in [0.5, 0.6) is 0 Å². The number of carbonyl (C=O) groups excluding carboxylic acids is 1. The minimum Gasteiger partial charge on any atom is -0.481 e. The van der Waals surface area contributed by atoms with Crippen molar-refractivity contribution in [1.82, 2.24) is 0 Å². The first kappa shape index (κ1) is 41.8. The van der Waals surface area contributed by atoms with Gasteiger partial charge in [0.25, 0.3) is 0 Å². The molecule has 0 aromatic heterocycles. The Bertz CT molecular complexity index is 1290. The monoisotopic (exact) mass is 734 g/mol. The van der Waals surface area contributed by atoms with Gasteiger partial charge < -0.3 is 39.0 Å². The molecule has 10 heteroatoms. The summed E-state index contributed by atoms with van der Waals surface area (Å²) in [5.74, 6) is -3.85. The molecule has 0 aromatic rings. The third-order valence-corrected chi connectivity index (χ3v) is 14.4. The lowest BCUT2D eigenvalue weighted by Crippen LogP contribution is -2.61. The third-order valence-electron chi connectivity index (χ3n) is 14.4. The Balaban J connectivity index is 1.28. The highest BCUT2D eigenvalue weighted by Crippen LogP contribution is 2.53. The van der Waals surface area contributed by atoms with Gasteiger partial charge in [0, 0.05) is 18.3 Å². The summed E-state index contributed by atoms with van der Waals surface area (Å²) in [6.45, 7) is 20.6. The van der Waals surface area contributed by atoms with Gasteiger partial charge in [0.2, 0.25) is 11.6 Å². The minimum absolute atomic E-state index is 0.0304. The highest BCUT2D eigenvalue weighted by Gasteiger charge is 2.63. The molecule has 0 unspecified atom stereocenters. The van der Waals surface area contributed by atoms with E-state index in [0.29, 0.717) is 38.5 Å². The number of carboxylic acid groups (broad SMARTS) is 1. The van der Waals surface area contributed by atoms with Crippen LogP contribution in [0.4, 0.5) is 0 Å². The van der Waals surface area contributed by atoms with Crippen molar-refractivity contribution in [3.05, 3.63) is 12.2 Å². The highest BCUT2D eigenvalue weighted by molar-refractivity contribution is 5.97. The van der Waals surface area contributed by atoms with Gasteiger partial charge in [0.1, 0.15) is 0 Å². The molecule has 5 aliphatic heterocycles. The van der Waals surface area contributed by atoms with Crippen LogP contribution in [0.1, 0.15) is 140 Å². The van der Waals surface area contributed by atoms with E-state index in [1.54, 1.807) is 12.2 Å². The Morgan fingerprint density at radius 3 is 2.27 bits per heavy atom. The largest absolute Gasteiger partial charge is 0.481 e. The number of aliphatic hydroxyl groups excluding tert-OH is 1. The predicted molar refractivity (Wildman–Crippen MR) is 197 cm³/mol. The van der Waals surface area contributed by atoms with Crippen LogP contribution in [0.25, 0.3) is 0 Å². The van der Waals surface area contributed by atoms with Gasteiger partial charge in [-0.25, -0.2) is 0 Å². The summed E-state index contributed by atoms with van der Waals surface area (Å²) in [7, 11) is 0. The Kier molecular flexibility index (Phi) is 12.8. The Morgan fingerprint density at radius 2 is 1.65 bits per heavy atom. The lowest BCUT2D eigenvalue weighted by atomic mass is 9.73. The maximum atomic E-state index is 13.7. The number of aliphatic hydroxyl groups is 2. The van der Waals surface area contributed by atoms with Crippen LogP contribution in [0.15, 0.2) is 12.2 Å². The van der Waals surface area contributed by atoms with Crippen molar-refractivity contribution in [3.8, 4) is 0 Å². The number of aliphatic carboxylic acids is 1. The second kappa shape index (κ2) is 16.0. The van der Waals surface area contributed by atoms with Gasteiger partial charge >= 0.3 is 5.97 Å². The van der Waals surface area contributed by atoms with E-state index in [-0.39, 0.29) is 71.8 Å². The van der Waals surface area contributed by atoms with Gasteiger partial charge in [-0.3, -0.25) is 9.59 Å². The molecule has 52 heavy (non-hydrogen) atoms. The molecule has 0 amide bonds. The van der Waals surface area contributed by atoms with Crippen LogP contribution in [0.2, 0.25) is 0 Å². The number of ketones is 1. The minimum atomic E-state index is -1.47. The first-order chi connectivity index (χ1) is 24.4. The average molecular weight is 735 g/mol. The summed E-state index contributed by atoms with van der Waals surface area (Å²) in [5.41, 5.74) is -1.62. The molecule has 0 aromatic carbocycles. The van der Waals surface area contributed by atoms with Crippen LogP contribution in [-0.4, -0.2) is 86.5 Å². The van der Waals surface area contributed by atoms with E-state index in [1.807, 2.05) is 34.6 Å². The Labute approximate surface area is 312 Å². The van der Waals surface area contributed by atoms with Crippen molar-refractivity contribution in [1.29, 1.82) is 0 Å². The van der Waals surface area contributed by atoms with Crippen LogP contribution in [-0.2, 0) is 33.3 Å². The molecule has 4 fully saturated rings. The molecule has 17 atom stereocenters. The molecule has 0 saturated carbocycles. The van der Waals surface area contributed by atoms with Crippen molar-refractivity contribution >= 4 is 11.8 Å². The quantitative estimate of drug-likeness (QED) is 0.188. The number of ether oxygens (including phenoxy) is 5. The van der Waals surface area contributed by atoms with Crippen LogP contribution in [0, 0.1) is 41.4 Å². The normalized spacial score (nSPS) is 45.5. The van der Waals surface area contributed by atoms with E-state index < -0.39 is 40.8 Å². The molecule has 10 nitrogen and oxygen atoms in total. The Morgan fingerprint density at radius 1 is 0.942 bits per heavy atom. The van der Waals surface area contributed by atoms with Crippen LogP contribution >= 0.6 is 0 Å². The zero-order chi connectivity index (χ0) is 38.4. The van der Waals surface area contributed by atoms with Gasteiger partial charge in [0.15, 0.2) is 5.79 Å². The lowest BCUT2D eigenvalue weighted by Gasteiger charge is -2.53. The van der Waals surface area contributed by atoms with Crippen molar-refractivity contribution < 1.29 is 48.6 Å². The average Bonchev–Trinajstić information content (AvgIpc) is 3.45. The van der Waals surface area contributed by atoms with Crippen molar-refractivity contribution in [2.75, 3.05) is 0 Å². The van der Waals surface area contributed by atoms with E-state index in [9.17, 15) is 24.9 Å². The standard InChI is InChI=1S/C42H70O10/c1-11-30(23-25(5)35(44)28(8)36-24(4)14-15-32(49-36)31(12-2)38(45)46)37-26(6)22-27(7)41(50-37)19-16-33(43)42(52-41)21-20-39(10,51-42)34-17-18-40(47,13-3)29(9)48-34/h16,19,24-32,34-37,44,47H,11-15,17-18,20-23H2,1-10H3,(H,45,46)/t24-,25+,26-,27+,28-,29-,30-,31+,32+,34+,35+,36+,37-,39-,40+,41-,42-/m0/s1. The van der Waals surface area contributed by atoms with E-state index in [0.717, 1.165) is 32.1 Å². The number of hydrogen-bond acceptors (Lipinski definition) is 9. The SMILES string of the molecule is CC[C@@H](C[C@@H](C)[C@@H](O)[C@H](C)[C@@H]1O[C@@H]([C@@H](CC)C(=O)O)CC[C@@H]1C)[C@H]1O[C@]2(C=CC(=O)[C@]3(CC[C@@](C)([C@H]4CC[C@](O)(CC)[C@H](C)O4)O3)O2)[C@H](C)C[C@@H]1C. The molecule has 0 bridgehead atoms. The van der Waals surface area contributed by atoms with Gasteiger partial charge in [-0.2, -0.15) is 0 Å². The second-order valence-corrected chi connectivity index (χ2v) is 17.9. The molecule has 3 N–H and O–H groups in total. The number of hydrogen-bond donors (Lipinski definition) is 3. The van der Waals surface area contributed by atoms with Gasteiger partial charge in [-0.05, 0) is 107 Å². The smallest absolute Gasteiger partial charge is 0.309 e. The molecule has 0 aliphatic carbocycles. The van der Waals surface area contributed by atoms with Crippen molar-refractivity contribution in [2.45, 2.75) is 199 Å². The van der Waals surface area contributed by atoms with E-state index in [2.05, 4.69) is 34.6 Å². The summed E-state index contributed by atoms with van der Waals surface area (Å²) in [5, 5.41) is 32.6.